The maximum Gasteiger partial charge on any atom is 0.152 e. The van der Waals surface area contributed by atoms with Gasteiger partial charge in [0.1, 0.15) is 0 Å². The Kier molecular flexibility index (Phi) is 3.71. The first-order chi connectivity index (χ1) is 10.0. The number of H-pyrrole nitrogens is 1. The van der Waals surface area contributed by atoms with E-state index >= 15 is 0 Å². The number of hydrogen-bond donors (Lipinski definition) is 2. The van der Waals surface area contributed by atoms with Crippen molar-refractivity contribution in [2.45, 2.75) is 30.6 Å². The number of rotatable bonds is 4. The number of sulfone groups is 1. The molecule has 1 heterocycles. The Morgan fingerprint density at radius 3 is 2.86 bits per heavy atom. The van der Waals surface area contributed by atoms with E-state index in [1.165, 1.54) is 6.26 Å². The predicted molar refractivity (Wildman–Crippen MR) is 83.9 cm³/mol. The number of aromatic nitrogens is 2. The largest absolute Gasteiger partial charge is 0.381 e. The molecule has 1 saturated carbocycles. The van der Waals surface area contributed by atoms with Crippen molar-refractivity contribution in [3.05, 3.63) is 36.5 Å². The predicted octanol–water partition coefficient (Wildman–Crippen LogP) is 2.45. The van der Waals surface area contributed by atoms with Gasteiger partial charge in [-0.15, -0.1) is 0 Å². The van der Waals surface area contributed by atoms with Crippen molar-refractivity contribution >= 4 is 15.5 Å². The average molecular weight is 305 g/mol. The topological polar surface area (TPSA) is 74.8 Å². The second kappa shape index (κ2) is 5.52. The summed E-state index contributed by atoms with van der Waals surface area (Å²) in [5.41, 5.74) is 2.93. The lowest BCUT2D eigenvalue weighted by Crippen LogP contribution is -2.34. The SMILES string of the molecule is CS(=O)(=O)C1CCCC1Nc1cccc(-c2ccn[nH]2)c1. The fourth-order valence-electron chi connectivity index (χ4n) is 3.01. The average Bonchev–Trinajstić information content (AvgIpc) is 3.09. The van der Waals surface area contributed by atoms with Gasteiger partial charge in [0.2, 0.25) is 0 Å². The summed E-state index contributed by atoms with van der Waals surface area (Å²) >= 11 is 0. The van der Waals surface area contributed by atoms with Crippen molar-refractivity contribution in [1.82, 2.24) is 10.2 Å². The highest BCUT2D eigenvalue weighted by Crippen LogP contribution is 2.29. The van der Waals surface area contributed by atoms with Gasteiger partial charge in [-0.3, -0.25) is 5.10 Å². The highest BCUT2D eigenvalue weighted by Gasteiger charge is 2.34. The molecule has 2 N–H and O–H groups in total. The Bertz CT molecular complexity index is 710. The van der Waals surface area contributed by atoms with E-state index in [0.717, 1.165) is 36.2 Å². The summed E-state index contributed by atoms with van der Waals surface area (Å²) in [7, 11) is -3.00. The van der Waals surface area contributed by atoms with Gasteiger partial charge in [-0.1, -0.05) is 12.1 Å². The number of aromatic amines is 1. The Morgan fingerprint density at radius 2 is 2.14 bits per heavy atom. The van der Waals surface area contributed by atoms with E-state index in [1.54, 1.807) is 6.20 Å². The van der Waals surface area contributed by atoms with Gasteiger partial charge in [0.05, 0.1) is 10.9 Å². The Balaban J connectivity index is 1.81. The molecule has 21 heavy (non-hydrogen) atoms. The maximum absolute atomic E-state index is 11.8. The highest BCUT2D eigenvalue weighted by molar-refractivity contribution is 7.91. The van der Waals surface area contributed by atoms with E-state index in [4.69, 9.17) is 0 Å². The molecule has 0 aliphatic heterocycles. The number of anilines is 1. The monoisotopic (exact) mass is 305 g/mol. The summed E-state index contributed by atoms with van der Waals surface area (Å²) in [6.45, 7) is 0. The quantitative estimate of drug-likeness (QED) is 0.910. The molecule has 1 aromatic carbocycles. The Hall–Kier alpha value is -1.82. The van der Waals surface area contributed by atoms with Crippen molar-refractivity contribution in [3.8, 4) is 11.3 Å². The van der Waals surface area contributed by atoms with Gasteiger partial charge in [0.25, 0.3) is 0 Å². The molecule has 0 spiro atoms. The molecule has 1 fully saturated rings. The first-order valence-electron chi connectivity index (χ1n) is 7.09. The van der Waals surface area contributed by atoms with E-state index in [2.05, 4.69) is 15.5 Å². The lowest BCUT2D eigenvalue weighted by atomic mass is 10.1. The van der Waals surface area contributed by atoms with Gasteiger partial charge in [-0.05, 0) is 37.5 Å². The minimum atomic E-state index is -3.00. The van der Waals surface area contributed by atoms with Crippen LogP contribution in [0.15, 0.2) is 36.5 Å². The number of nitrogens with one attached hydrogen (secondary N) is 2. The zero-order valence-electron chi connectivity index (χ0n) is 11.9. The van der Waals surface area contributed by atoms with Crippen LogP contribution in [-0.4, -0.2) is 36.2 Å². The number of hydrogen-bond acceptors (Lipinski definition) is 4. The van der Waals surface area contributed by atoms with Gasteiger partial charge in [0.15, 0.2) is 9.84 Å². The molecule has 2 unspecified atom stereocenters. The van der Waals surface area contributed by atoms with Crippen molar-refractivity contribution in [2.75, 3.05) is 11.6 Å². The van der Waals surface area contributed by atoms with Gasteiger partial charge < -0.3 is 5.32 Å². The zero-order valence-corrected chi connectivity index (χ0v) is 12.7. The third-order valence-corrected chi connectivity index (χ3v) is 5.69. The summed E-state index contributed by atoms with van der Waals surface area (Å²) in [6.07, 6.45) is 5.64. The molecule has 2 aromatic rings. The molecule has 1 aliphatic rings. The molecule has 0 bridgehead atoms. The molecular formula is C15H19N3O2S. The van der Waals surface area contributed by atoms with Crippen LogP contribution in [0.25, 0.3) is 11.3 Å². The molecule has 3 rings (SSSR count). The van der Waals surface area contributed by atoms with Crippen molar-refractivity contribution in [2.24, 2.45) is 0 Å². The minimum Gasteiger partial charge on any atom is -0.381 e. The highest BCUT2D eigenvalue weighted by atomic mass is 32.2. The second-order valence-electron chi connectivity index (χ2n) is 5.60. The second-order valence-corrected chi connectivity index (χ2v) is 7.87. The van der Waals surface area contributed by atoms with Crippen LogP contribution in [-0.2, 0) is 9.84 Å². The molecule has 112 valence electrons. The molecule has 0 saturated heterocycles. The van der Waals surface area contributed by atoms with E-state index in [1.807, 2.05) is 30.3 Å². The van der Waals surface area contributed by atoms with Crippen LogP contribution in [0.5, 0.6) is 0 Å². The van der Waals surface area contributed by atoms with Gasteiger partial charge in [-0.25, -0.2) is 8.42 Å². The number of benzene rings is 1. The molecule has 1 aliphatic carbocycles. The molecule has 0 radical (unpaired) electrons. The Labute approximate surface area is 124 Å². The molecule has 0 amide bonds. The molecule has 1 aromatic heterocycles. The van der Waals surface area contributed by atoms with Crippen LogP contribution < -0.4 is 5.32 Å². The van der Waals surface area contributed by atoms with Crippen LogP contribution in [0.2, 0.25) is 0 Å². The third-order valence-electron chi connectivity index (χ3n) is 4.03. The fourth-order valence-corrected chi connectivity index (χ4v) is 4.41. The standard InChI is InChI=1S/C15H19N3O2S/c1-21(19,20)15-7-3-6-14(15)17-12-5-2-4-11(10-12)13-8-9-16-18-13/h2,4-5,8-10,14-15,17H,3,6-7H2,1H3,(H,16,18). The normalized spacial score (nSPS) is 22.3. The minimum absolute atomic E-state index is 0.00276. The lowest BCUT2D eigenvalue weighted by Gasteiger charge is -2.21. The van der Waals surface area contributed by atoms with Crippen LogP contribution in [0.4, 0.5) is 5.69 Å². The molecular weight excluding hydrogens is 286 g/mol. The Morgan fingerprint density at radius 1 is 1.29 bits per heavy atom. The zero-order chi connectivity index (χ0) is 14.9. The van der Waals surface area contributed by atoms with Gasteiger partial charge in [-0.2, -0.15) is 5.10 Å². The molecule has 2 atom stereocenters. The van der Waals surface area contributed by atoms with Crippen LogP contribution >= 0.6 is 0 Å². The van der Waals surface area contributed by atoms with E-state index in [-0.39, 0.29) is 11.3 Å². The first-order valence-corrected chi connectivity index (χ1v) is 9.05. The molecule has 6 heteroatoms. The maximum atomic E-state index is 11.8. The van der Waals surface area contributed by atoms with E-state index in [9.17, 15) is 8.42 Å². The van der Waals surface area contributed by atoms with Crippen molar-refractivity contribution in [1.29, 1.82) is 0 Å². The third kappa shape index (κ3) is 3.10. The van der Waals surface area contributed by atoms with E-state index in [0.29, 0.717) is 0 Å². The summed E-state index contributed by atoms with van der Waals surface area (Å²) in [5.74, 6) is 0. The van der Waals surface area contributed by atoms with Crippen LogP contribution in [0.3, 0.4) is 0 Å². The smallest absolute Gasteiger partial charge is 0.152 e. The van der Waals surface area contributed by atoms with Crippen LogP contribution in [0.1, 0.15) is 19.3 Å². The summed E-state index contributed by atoms with van der Waals surface area (Å²) in [4.78, 5) is 0. The lowest BCUT2D eigenvalue weighted by molar-refractivity contribution is 0.579. The van der Waals surface area contributed by atoms with Gasteiger partial charge in [0, 0.05) is 29.7 Å². The fraction of sp³-hybridized carbons (Fsp3) is 0.400. The number of nitrogens with zero attached hydrogens (tertiary/aromatic N) is 1. The van der Waals surface area contributed by atoms with Gasteiger partial charge >= 0.3 is 0 Å². The van der Waals surface area contributed by atoms with E-state index < -0.39 is 9.84 Å². The van der Waals surface area contributed by atoms with Crippen LogP contribution in [0, 0.1) is 0 Å². The first kappa shape index (κ1) is 14.1. The summed E-state index contributed by atoms with van der Waals surface area (Å²) < 4.78 is 23.7. The van der Waals surface area contributed by atoms with Crippen molar-refractivity contribution < 1.29 is 8.42 Å². The van der Waals surface area contributed by atoms with Crippen molar-refractivity contribution in [3.63, 3.8) is 0 Å². The molecule has 5 nitrogen and oxygen atoms in total. The summed E-state index contributed by atoms with van der Waals surface area (Å²) in [6, 6.07) is 9.86. The summed E-state index contributed by atoms with van der Waals surface area (Å²) in [5, 5.41) is 9.99.